The van der Waals surface area contributed by atoms with Gasteiger partial charge >= 0.3 is 0 Å². The van der Waals surface area contributed by atoms with Crippen LogP contribution in [0.25, 0.3) is 0 Å². The summed E-state index contributed by atoms with van der Waals surface area (Å²) in [7, 11) is 0. The molecule has 0 aromatic carbocycles. The van der Waals surface area contributed by atoms with Gasteiger partial charge in [0.15, 0.2) is 0 Å². The van der Waals surface area contributed by atoms with Crippen molar-refractivity contribution in [3.63, 3.8) is 0 Å². The molecule has 0 unspecified atom stereocenters. The first-order chi connectivity index (χ1) is 15.3. The summed E-state index contributed by atoms with van der Waals surface area (Å²) in [5.74, 6) is 3.83. The Bertz CT molecular complexity index is 561. The maximum Gasteiger partial charge on any atom is 0.0434 e. The molecular weight excluding hydrogens is 374 g/mol. The minimum Gasteiger partial charge on any atom is -0.261 e. The van der Waals surface area contributed by atoms with E-state index in [1.165, 1.54) is 133 Å². The number of hydrogen-bond acceptors (Lipinski definition) is 1. The largest absolute Gasteiger partial charge is 0.261 e. The van der Waals surface area contributed by atoms with E-state index in [0.717, 1.165) is 23.7 Å². The number of aryl methyl sites for hydroxylation is 1. The lowest BCUT2D eigenvalue weighted by Gasteiger charge is -2.38. The molecule has 0 N–H and O–H groups in total. The molecule has 1 heterocycles. The summed E-state index contributed by atoms with van der Waals surface area (Å²) in [6, 6.07) is 4.72. The fourth-order valence-electron chi connectivity index (χ4n) is 6.45. The summed E-state index contributed by atoms with van der Waals surface area (Å²) in [5, 5.41) is 0. The van der Waals surface area contributed by atoms with Crippen molar-refractivity contribution in [2.75, 3.05) is 0 Å². The number of unbranched alkanes of at least 4 members (excludes halogenated alkanes) is 7. The van der Waals surface area contributed by atoms with Crippen LogP contribution < -0.4 is 0 Å². The first-order valence-electron chi connectivity index (χ1n) is 14.2. The van der Waals surface area contributed by atoms with Crippen molar-refractivity contribution in [3.05, 3.63) is 29.6 Å². The van der Waals surface area contributed by atoms with Gasteiger partial charge in [0.25, 0.3) is 0 Å². The summed E-state index contributed by atoms with van der Waals surface area (Å²) >= 11 is 0. The molecule has 0 saturated heterocycles. The van der Waals surface area contributed by atoms with Crippen LogP contribution in [0.2, 0.25) is 0 Å². The molecule has 0 spiro atoms. The third kappa shape index (κ3) is 8.54. The van der Waals surface area contributed by atoms with Gasteiger partial charge in [-0.05, 0) is 80.8 Å². The predicted molar refractivity (Wildman–Crippen MR) is 136 cm³/mol. The van der Waals surface area contributed by atoms with Gasteiger partial charge in [0.2, 0.25) is 0 Å². The summed E-state index contributed by atoms with van der Waals surface area (Å²) < 4.78 is 0. The molecule has 0 atom stereocenters. The van der Waals surface area contributed by atoms with E-state index < -0.39 is 0 Å². The molecule has 1 nitrogen and oxygen atoms in total. The second-order valence-electron chi connectivity index (χ2n) is 11.0. The van der Waals surface area contributed by atoms with Crippen LogP contribution in [0, 0.1) is 17.8 Å². The molecule has 1 heteroatoms. The first kappa shape index (κ1) is 24.8. The van der Waals surface area contributed by atoms with Crippen molar-refractivity contribution in [2.45, 2.75) is 142 Å². The molecule has 2 fully saturated rings. The van der Waals surface area contributed by atoms with Crippen LogP contribution in [0.15, 0.2) is 18.3 Å². The van der Waals surface area contributed by atoms with E-state index in [9.17, 15) is 0 Å². The zero-order chi connectivity index (χ0) is 21.7. The number of hydrogen-bond donors (Lipinski definition) is 0. The van der Waals surface area contributed by atoms with E-state index in [2.05, 4.69) is 32.2 Å². The average Bonchev–Trinajstić information content (AvgIpc) is 2.83. The SMILES string of the molecule is CCCCCCC[C@H]1CC[C@H]([C@H]2CC[C@H](c3ccc(CCCCCC)cn3)CC2)CC1. The lowest BCUT2D eigenvalue weighted by Crippen LogP contribution is -2.25. The van der Waals surface area contributed by atoms with Gasteiger partial charge in [0.1, 0.15) is 0 Å². The van der Waals surface area contributed by atoms with E-state index in [1.807, 2.05) is 0 Å². The standard InChI is InChI=1S/C30H51N/c1-3-5-7-9-11-12-25-14-17-27(18-15-25)28-19-21-29(22-20-28)30-23-16-26(24-31-30)13-10-8-6-4-2/h16,23-25,27-29H,3-15,17-22H2,1-2H3/t25-,27-,28-,29-. The fourth-order valence-corrected chi connectivity index (χ4v) is 6.45. The highest BCUT2D eigenvalue weighted by molar-refractivity contribution is 5.17. The lowest BCUT2D eigenvalue weighted by atomic mass is 9.68. The Kier molecular flexibility index (Phi) is 11.5. The normalized spacial score (nSPS) is 26.8. The zero-order valence-corrected chi connectivity index (χ0v) is 20.9. The molecule has 0 aliphatic heterocycles. The van der Waals surface area contributed by atoms with Crippen molar-refractivity contribution in [3.8, 4) is 0 Å². The molecule has 3 rings (SSSR count). The molecule has 176 valence electrons. The molecule has 0 amide bonds. The Balaban J connectivity index is 1.32. The van der Waals surface area contributed by atoms with E-state index >= 15 is 0 Å². The van der Waals surface area contributed by atoms with Gasteiger partial charge in [-0.3, -0.25) is 4.98 Å². The quantitative estimate of drug-likeness (QED) is 0.287. The molecule has 2 aliphatic rings. The Morgan fingerprint density at radius 1 is 0.677 bits per heavy atom. The van der Waals surface area contributed by atoms with Gasteiger partial charge in [-0.15, -0.1) is 0 Å². The van der Waals surface area contributed by atoms with Gasteiger partial charge < -0.3 is 0 Å². The van der Waals surface area contributed by atoms with Crippen molar-refractivity contribution in [1.29, 1.82) is 0 Å². The van der Waals surface area contributed by atoms with Crippen molar-refractivity contribution in [2.24, 2.45) is 17.8 Å². The minimum absolute atomic E-state index is 0.727. The molecule has 31 heavy (non-hydrogen) atoms. The third-order valence-electron chi connectivity index (χ3n) is 8.63. The minimum atomic E-state index is 0.727. The first-order valence-corrected chi connectivity index (χ1v) is 14.2. The number of pyridine rings is 1. The predicted octanol–water partition coefficient (Wildman–Crippen LogP) is 9.65. The summed E-state index contributed by atoms with van der Waals surface area (Å²) in [4.78, 5) is 4.90. The van der Waals surface area contributed by atoms with Crippen LogP contribution in [0.1, 0.15) is 147 Å². The average molecular weight is 426 g/mol. The summed E-state index contributed by atoms with van der Waals surface area (Å²) in [6.07, 6.45) is 29.3. The van der Waals surface area contributed by atoms with Crippen LogP contribution in [0.4, 0.5) is 0 Å². The number of aromatic nitrogens is 1. The van der Waals surface area contributed by atoms with Crippen LogP contribution in [-0.4, -0.2) is 4.98 Å². The highest BCUT2D eigenvalue weighted by atomic mass is 14.7. The third-order valence-corrected chi connectivity index (χ3v) is 8.63. The van der Waals surface area contributed by atoms with Crippen LogP contribution in [0.5, 0.6) is 0 Å². The Morgan fingerprint density at radius 2 is 1.29 bits per heavy atom. The van der Waals surface area contributed by atoms with Crippen molar-refractivity contribution in [1.82, 2.24) is 4.98 Å². The van der Waals surface area contributed by atoms with E-state index in [0.29, 0.717) is 0 Å². The fraction of sp³-hybridized carbons (Fsp3) is 0.833. The smallest absolute Gasteiger partial charge is 0.0434 e. The Hall–Kier alpha value is -0.850. The van der Waals surface area contributed by atoms with E-state index in [-0.39, 0.29) is 0 Å². The summed E-state index contributed by atoms with van der Waals surface area (Å²) in [5.41, 5.74) is 2.82. The Morgan fingerprint density at radius 3 is 1.90 bits per heavy atom. The maximum atomic E-state index is 4.90. The van der Waals surface area contributed by atoms with E-state index in [1.54, 1.807) is 0 Å². The van der Waals surface area contributed by atoms with Gasteiger partial charge in [-0.2, -0.15) is 0 Å². The molecule has 2 aliphatic carbocycles. The van der Waals surface area contributed by atoms with Gasteiger partial charge in [0, 0.05) is 17.8 Å². The van der Waals surface area contributed by atoms with Crippen LogP contribution in [0.3, 0.4) is 0 Å². The van der Waals surface area contributed by atoms with E-state index in [4.69, 9.17) is 4.98 Å². The number of rotatable bonds is 13. The van der Waals surface area contributed by atoms with Crippen molar-refractivity contribution >= 4 is 0 Å². The highest BCUT2D eigenvalue weighted by Crippen LogP contribution is 2.44. The van der Waals surface area contributed by atoms with Gasteiger partial charge in [0.05, 0.1) is 0 Å². The highest BCUT2D eigenvalue weighted by Gasteiger charge is 2.31. The van der Waals surface area contributed by atoms with Gasteiger partial charge in [-0.1, -0.05) is 90.5 Å². The molecule has 1 aromatic heterocycles. The van der Waals surface area contributed by atoms with Crippen LogP contribution in [-0.2, 0) is 6.42 Å². The van der Waals surface area contributed by atoms with Crippen LogP contribution >= 0.6 is 0 Å². The second kappa shape index (κ2) is 14.3. The summed E-state index contributed by atoms with van der Waals surface area (Å²) in [6.45, 7) is 4.60. The number of nitrogens with zero attached hydrogens (tertiary/aromatic N) is 1. The molecule has 2 saturated carbocycles. The van der Waals surface area contributed by atoms with Crippen molar-refractivity contribution < 1.29 is 0 Å². The topological polar surface area (TPSA) is 12.9 Å². The molecule has 1 aromatic rings. The molecule has 0 radical (unpaired) electrons. The Labute approximate surface area is 194 Å². The maximum absolute atomic E-state index is 4.90. The lowest BCUT2D eigenvalue weighted by molar-refractivity contribution is 0.155. The zero-order valence-electron chi connectivity index (χ0n) is 20.9. The second-order valence-corrected chi connectivity index (χ2v) is 11.0. The van der Waals surface area contributed by atoms with Gasteiger partial charge in [-0.25, -0.2) is 0 Å². The molecular formula is C30H51N. The molecule has 0 bridgehead atoms. The monoisotopic (exact) mass is 425 g/mol.